The molecule has 228 valence electrons. The first-order valence-corrected chi connectivity index (χ1v) is 16.8. The van der Waals surface area contributed by atoms with E-state index < -0.39 is 22.6 Å². The second-order valence-corrected chi connectivity index (χ2v) is 14.3. The summed E-state index contributed by atoms with van der Waals surface area (Å²) in [6, 6.07) is 18.6. The van der Waals surface area contributed by atoms with Gasteiger partial charge in [0.05, 0.1) is 16.6 Å². The summed E-state index contributed by atoms with van der Waals surface area (Å²) in [5, 5.41) is 9.21. The van der Waals surface area contributed by atoms with Crippen LogP contribution < -0.4 is 4.90 Å². The number of fused-ring (bicyclic) bond motifs is 1. The Balaban J connectivity index is 1.53. The van der Waals surface area contributed by atoms with E-state index in [0.717, 1.165) is 17.7 Å². The molecule has 1 N–H and O–H groups in total. The lowest BCUT2D eigenvalue weighted by molar-refractivity contribution is -0.143. The van der Waals surface area contributed by atoms with Gasteiger partial charge < -0.3 is 19.8 Å². The fraction of sp³-hybridized carbons (Fsp3) is 0.441. The third kappa shape index (κ3) is 5.96. The molecule has 3 aliphatic heterocycles. The highest BCUT2D eigenvalue weighted by Gasteiger charge is 2.76. The lowest BCUT2D eigenvalue weighted by Gasteiger charge is -2.38. The second-order valence-electron chi connectivity index (χ2n) is 11.5. The number of aliphatic hydroxyl groups is 1. The second kappa shape index (κ2) is 13.8. The van der Waals surface area contributed by atoms with Gasteiger partial charge in [0.1, 0.15) is 6.04 Å². The minimum atomic E-state index is -0.725. The van der Waals surface area contributed by atoms with Gasteiger partial charge >= 0.3 is 0 Å². The third-order valence-electron chi connectivity index (χ3n) is 8.89. The van der Waals surface area contributed by atoms with Crippen molar-refractivity contribution in [3.63, 3.8) is 0 Å². The Hall–Kier alpha value is -2.88. The zero-order chi connectivity index (χ0) is 30.6. The van der Waals surface area contributed by atoms with Gasteiger partial charge in [0.15, 0.2) is 0 Å². The fourth-order valence-electron chi connectivity index (χ4n) is 7.11. The number of benzene rings is 2. The third-order valence-corrected chi connectivity index (χ3v) is 12.1. The molecule has 6 atom stereocenters. The van der Waals surface area contributed by atoms with Crippen molar-refractivity contribution in [2.75, 3.05) is 31.1 Å². The molecule has 2 aromatic carbocycles. The molecule has 3 aliphatic rings. The molecule has 3 saturated heterocycles. The highest BCUT2D eigenvalue weighted by Crippen LogP contribution is 2.68. The van der Waals surface area contributed by atoms with Crippen LogP contribution in [0, 0.1) is 11.8 Å². The Morgan fingerprint density at radius 3 is 2.33 bits per heavy atom. The number of carbonyl (C=O) groups is 3. The Morgan fingerprint density at radius 2 is 1.67 bits per heavy atom. The zero-order valence-corrected chi connectivity index (χ0v) is 26.8. The number of alkyl halides is 1. The number of hydrogen-bond donors (Lipinski definition) is 1. The maximum absolute atomic E-state index is 14.7. The molecule has 43 heavy (non-hydrogen) atoms. The lowest BCUT2D eigenvalue weighted by Crippen LogP contribution is -2.55. The molecule has 0 saturated carbocycles. The molecule has 2 bridgehead atoms. The van der Waals surface area contributed by atoms with Gasteiger partial charge in [-0.1, -0.05) is 76.6 Å². The van der Waals surface area contributed by atoms with E-state index in [2.05, 4.69) is 29.1 Å². The average molecular weight is 667 g/mol. The first kappa shape index (κ1) is 31.5. The van der Waals surface area contributed by atoms with Gasteiger partial charge in [-0.3, -0.25) is 14.4 Å². The number of amides is 3. The monoisotopic (exact) mass is 665 g/mol. The van der Waals surface area contributed by atoms with Crippen molar-refractivity contribution < 1.29 is 19.5 Å². The smallest absolute Gasteiger partial charge is 0.247 e. The predicted octanol–water partition coefficient (Wildman–Crippen LogP) is 5.05. The number of carbonyl (C=O) groups excluding carboxylic acids is 3. The van der Waals surface area contributed by atoms with E-state index in [9.17, 15) is 19.5 Å². The molecule has 3 heterocycles. The van der Waals surface area contributed by atoms with Crippen molar-refractivity contribution >= 4 is 51.1 Å². The van der Waals surface area contributed by atoms with Crippen molar-refractivity contribution in [3.8, 4) is 0 Å². The summed E-state index contributed by atoms with van der Waals surface area (Å²) in [7, 11) is 0. The molecule has 0 radical (unpaired) electrons. The summed E-state index contributed by atoms with van der Waals surface area (Å²) >= 11 is 5.54. The topological polar surface area (TPSA) is 81.2 Å². The summed E-state index contributed by atoms with van der Waals surface area (Å²) < 4.78 is -0.725. The molecule has 3 fully saturated rings. The van der Waals surface area contributed by atoms with Crippen LogP contribution >= 0.6 is 27.7 Å². The van der Waals surface area contributed by atoms with Gasteiger partial charge in [-0.15, -0.1) is 24.9 Å². The number of aliphatic hydroxyl groups excluding tert-OH is 1. The first-order chi connectivity index (χ1) is 20.9. The van der Waals surface area contributed by atoms with Crippen molar-refractivity contribution in [1.29, 1.82) is 0 Å². The van der Waals surface area contributed by atoms with Gasteiger partial charge in [-0.25, -0.2) is 0 Å². The van der Waals surface area contributed by atoms with Gasteiger partial charge in [0, 0.05) is 48.6 Å². The molecule has 0 aliphatic carbocycles. The number of nitrogens with zero attached hydrogens (tertiary/aromatic N) is 3. The normalized spacial score (nSPS) is 27.2. The number of thioether (sulfide) groups is 1. The molecular weight excluding hydrogens is 626 g/mol. The van der Waals surface area contributed by atoms with Crippen molar-refractivity contribution in [1.82, 2.24) is 9.80 Å². The van der Waals surface area contributed by atoms with Crippen LogP contribution in [0.25, 0.3) is 0 Å². The van der Waals surface area contributed by atoms with Crippen LogP contribution in [0.1, 0.15) is 31.2 Å². The van der Waals surface area contributed by atoms with Crippen LogP contribution in [0.5, 0.6) is 0 Å². The van der Waals surface area contributed by atoms with E-state index in [1.807, 2.05) is 60.7 Å². The lowest BCUT2D eigenvalue weighted by atomic mass is 9.70. The number of halogens is 1. The van der Waals surface area contributed by atoms with Crippen LogP contribution in [0.4, 0.5) is 5.69 Å². The van der Waals surface area contributed by atoms with Crippen LogP contribution in [-0.4, -0.2) is 79.7 Å². The van der Waals surface area contributed by atoms with E-state index in [4.69, 9.17) is 0 Å². The molecule has 3 unspecified atom stereocenters. The fourth-order valence-corrected chi connectivity index (χ4v) is 10.7. The van der Waals surface area contributed by atoms with Crippen molar-refractivity contribution in [2.24, 2.45) is 11.8 Å². The molecule has 7 nitrogen and oxygen atoms in total. The van der Waals surface area contributed by atoms with Gasteiger partial charge in [0.2, 0.25) is 17.7 Å². The first-order valence-electron chi connectivity index (χ1n) is 15.0. The van der Waals surface area contributed by atoms with E-state index >= 15 is 0 Å². The molecule has 3 amide bonds. The molecule has 2 aromatic rings. The summed E-state index contributed by atoms with van der Waals surface area (Å²) in [5.41, 5.74) is 1.77. The Kier molecular flexibility index (Phi) is 10.1. The number of likely N-dealkylation sites (tertiary alicyclic amines) is 1. The molecule has 1 spiro atoms. The minimum absolute atomic E-state index is 0.0107. The number of para-hydroxylation sites is 1. The number of hydrogen-bond acceptors (Lipinski definition) is 5. The van der Waals surface area contributed by atoms with E-state index in [-0.39, 0.29) is 34.4 Å². The van der Waals surface area contributed by atoms with Gasteiger partial charge in [0.25, 0.3) is 0 Å². The molecular formula is C34H40BrN3O4S. The molecule has 0 aromatic heterocycles. The summed E-state index contributed by atoms with van der Waals surface area (Å²) in [6.07, 6.45) is 6.13. The highest BCUT2D eigenvalue weighted by molar-refractivity contribution is 9.09. The van der Waals surface area contributed by atoms with Crippen LogP contribution in [0.15, 0.2) is 86.0 Å². The van der Waals surface area contributed by atoms with Gasteiger partial charge in [-0.05, 0) is 43.4 Å². The highest BCUT2D eigenvalue weighted by atomic mass is 79.9. The molecule has 9 heteroatoms. The molecule has 5 rings (SSSR count). The van der Waals surface area contributed by atoms with E-state index in [0.29, 0.717) is 45.4 Å². The van der Waals surface area contributed by atoms with Crippen LogP contribution in [0.2, 0.25) is 0 Å². The van der Waals surface area contributed by atoms with Crippen LogP contribution in [0.3, 0.4) is 0 Å². The van der Waals surface area contributed by atoms with E-state index in [1.54, 1.807) is 38.6 Å². The maximum atomic E-state index is 14.7. The zero-order valence-electron chi connectivity index (χ0n) is 24.4. The Bertz CT molecular complexity index is 1330. The van der Waals surface area contributed by atoms with E-state index in [1.165, 1.54) is 0 Å². The summed E-state index contributed by atoms with van der Waals surface area (Å²) in [5.74, 6) is -1.49. The van der Waals surface area contributed by atoms with Gasteiger partial charge in [-0.2, -0.15) is 0 Å². The number of unbranched alkanes of at least 4 members (excludes halogenated alkanes) is 2. The minimum Gasteiger partial charge on any atom is -0.396 e. The number of anilines is 1. The standard InChI is InChI=1S/C34H40BrN3O4S/c1-3-18-36(23-24-14-8-5-9-15-24)33(42)30-34-22-26(35)29(43-34)27(28(34)32(41)38(30)20-12-7-13-21-39)31(40)37(19-4-2)25-16-10-6-11-17-25/h3-6,8-11,14-17,26-30,39H,1-2,7,12-13,18-23H2/t26?,27-,28-,29-,30?,34?/m0/s1. The number of rotatable bonds is 14. The Morgan fingerprint density at radius 1 is 1.00 bits per heavy atom. The summed E-state index contributed by atoms with van der Waals surface area (Å²) in [6.45, 7) is 9.39. The summed E-state index contributed by atoms with van der Waals surface area (Å²) in [4.78, 5) is 48.9. The van der Waals surface area contributed by atoms with Crippen molar-refractivity contribution in [2.45, 2.75) is 53.1 Å². The average Bonchev–Trinajstić information content (AvgIpc) is 3.61. The van der Waals surface area contributed by atoms with Crippen molar-refractivity contribution in [3.05, 3.63) is 91.5 Å². The van der Waals surface area contributed by atoms with Crippen LogP contribution in [-0.2, 0) is 20.9 Å². The largest absolute Gasteiger partial charge is 0.396 e. The quantitative estimate of drug-likeness (QED) is 0.174. The predicted molar refractivity (Wildman–Crippen MR) is 176 cm³/mol. The maximum Gasteiger partial charge on any atom is 0.247 e. The Labute approximate surface area is 267 Å². The SMILES string of the molecule is C=CCN(Cc1ccccc1)C(=O)C1N(CCCCCO)C(=O)[C@@H]2[C@H](C(=O)N(CC=C)c3ccccc3)[C@H]3SC12CC3Br.